The number of benzene rings is 1. The maximum absolute atomic E-state index is 12.9. The number of hydrogen-bond donors (Lipinski definition) is 2. The number of phenolic OH excluding ortho intramolecular Hbond substituents is 1. The smallest absolute Gasteiger partial charge is 0.326 e. The number of imide groups is 1. The summed E-state index contributed by atoms with van der Waals surface area (Å²) in [6.45, 7) is 3.55. The Hall–Kier alpha value is -2.61. The van der Waals surface area contributed by atoms with Gasteiger partial charge in [0.25, 0.3) is 0 Å². The van der Waals surface area contributed by atoms with Crippen LogP contribution in [0.2, 0.25) is 0 Å². The number of ether oxygens (including phenoxy) is 2. The highest BCUT2D eigenvalue weighted by Gasteiger charge is 2.66. The van der Waals surface area contributed by atoms with Crippen molar-refractivity contribution >= 4 is 17.8 Å². The number of likely N-dealkylation sites (tertiary alicyclic amines) is 1. The van der Waals surface area contributed by atoms with Crippen LogP contribution in [-0.2, 0) is 19.1 Å². The third kappa shape index (κ3) is 2.36. The summed E-state index contributed by atoms with van der Waals surface area (Å²) in [5.74, 6) is -2.68. The molecule has 0 spiro atoms. The minimum Gasteiger partial charge on any atom is -0.504 e. The van der Waals surface area contributed by atoms with Crippen LogP contribution in [0.25, 0.3) is 0 Å². The van der Waals surface area contributed by atoms with E-state index in [0.29, 0.717) is 5.56 Å². The molecule has 0 unspecified atom stereocenters. The number of carbonyl (C=O) groups is 3. The van der Waals surface area contributed by atoms with Crippen LogP contribution in [0.4, 0.5) is 0 Å². The third-order valence-corrected chi connectivity index (χ3v) is 5.37. The maximum atomic E-state index is 12.9. The average Bonchev–Trinajstić information content (AvgIpc) is 3.09. The van der Waals surface area contributed by atoms with Crippen molar-refractivity contribution < 1.29 is 29.0 Å². The van der Waals surface area contributed by atoms with Crippen LogP contribution in [0.3, 0.4) is 0 Å². The van der Waals surface area contributed by atoms with E-state index in [-0.39, 0.29) is 29.9 Å². The summed E-state index contributed by atoms with van der Waals surface area (Å²) >= 11 is 0. The Morgan fingerprint density at radius 2 is 2.00 bits per heavy atom. The Kier molecular flexibility index (Phi) is 4.39. The van der Waals surface area contributed by atoms with Gasteiger partial charge in [-0.25, -0.2) is 0 Å². The van der Waals surface area contributed by atoms with Crippen LogP contribution in [0.1, 0.15) is 25.5 Å². The first-order valence-corrected chi connectivity index (χ1v) is 8.38. The van der Waals surface area contributed by atoms with Gasteiger partial charge in [0.1, 0.15) is 5.54 Å². The second kappa shape index (κ2) is 6.28. The molecule has 1 aromatic carbocycles. The Labute approximate surface area is 151 Å². The standard InChI is InChI=1S/C18H22N2O6/c1-5-20-15(22)12-13(16(20)23)18(2,17(24)26-4)19-14(12)9-6-7-10(21)11(8-9)25-3/h6-8,12-14,19,21H,5H2,1-4H3/t12-,13+,14+,18-/m1/s1. The van der Waals surface area contributed by atoms with E-state index in [1.54, 1.807) is 26.0 Å². The molecule has 8 nitrogen and oxygen atoms in total. The molecular formula is C18H22N2O6. The van der Waals surface area contributed by atoms with Gasteiger partial charge in [0, 0.05) is 12.6 Å². The molecule has 0 aliphatic carbocycles. The molecule has 26 heavy (non-hydrogen) atoms. The summed E-state index contributed by atoms with van der Waals surface area (Å²) in [5.41, 5.74) is -0.687. The minimum absolute atomic E-state index is 0.0365. The van der Waals surface area contributed by atoms with E-state index in [0.717, 1.165) is 0 Å². The molecule has 2 fully saturated rings. The highest BCUT2D eigenvalue weighted by Crippen LogP contribution is 2.49. The highest BCUT2D eigenvalue weighted by molar-refractivity contribution is 6.09. The fourth-order valence-corrected chi connectivity index (χ4v) is 4.08. The lowest BCUT2D eigenvalue weighted by Gasteiger charge is -2.28. The molecule has 3 rings (SSSR count). The molecule has 2 amide bonds. The van der Waals surface area contributed by atoms with Gasteiger partial charge in [-0.1, -0.05) is 6.07 Å². The van der Waals surface area contributed by atoms with Gasteiger partial charge in [0.15, 0.2) is 11.5 Å². The monoisotopic (exact) mass is 362 g/mol. The highest BCUT2D eigenvalue weighted by atomic mass is 16.5. The number of hydrogen-bond acceptors (Lipinski definition) is 7. The summed E-state index contributed by atoms with van der Waals surface area (Å²) in [6.07, 6.45) is 0. The molecule has 2 heterocycles. The summed E-state index contributed by atoms with van der Waals surface area (Å²) in [4.78, 5) is 39.3. The molecule has 0 radical (unpaired) electrons. The van der Waals surface area contributed by atoms with Gasteiger partial charge in [-0.05, 0) is 31.5 Å². The van der Waals surface area contributed by atoms with Crippen molar-refractivity contribution in [2.45, 2.75) is 25.4 Å². The van der Waals surface area contributed by atoms with Crippen LogP contribution >= 0.6 is 0 Å². The van der Waals surface area contributed by atoms with E-state index >= 15 is 0 Å². The molecule has 2 aliphatic heterocycles. The van der Waals surface area contributed by atoms with Crippen molar-refractivity contribution in [3.8, 4) is 11.5 Å². The molecule has 2 N–H and O–H groups in total. The molecule has 4 atom stereocenters. The first kappa shape index (κ1) is 18.2. The predicted octanol–water partition coefficient (Wildman–Crippen LogP) is 0.598. The number of aromatic hydroxyl groups is 1. The zero-order valence-electron chi connectivity index (χ0n) is 15.1. The van der Waals surface area contributed by atoms with Crippen molar-refractivity contribution in [1.29, 1.82) is 0 Å². The summed E-state index contributed by atoms with van der Waals surface area (Å²) < 4.78 is 10.0. The average molecular weight is 362 g/mol. The van der Waals surface area contributed by atoms with Crippen LogP contribution in [0, 0.1) is 11.8 Å². The molecule has 2 saturated heterocycles. The fraction of sp³-hybridized carbons (Fsp3) is 0.500. The number of fused-ring (bicyclic) bond motifs is 1. The number of rotatable bonds is 4. The third-order valence-electron chi connectivity index (χ3n) is 5.37. The van der Waals surface area contributed by atoms with E-state index < -0.39 is 29.4 Å². The van der Waals surface area contributed by atoms with Crippen LogP contribution in [0.15, 0.2) is 18.2 Å². The Balaban J connectivity index is 2.11. The molecule has 0 aromatic heterocycles. The number of nitrogens with one attached hydrogen (secondary N) is 1. The van der Waals surface area contributed by atoms with Crippen LogP contribution < -0.4 is 10.1 Å². The lowest BCUT2D eigenvalue weighted by Crippen LogP contribution is -2.53. The zero-order valence-corrected chi connectivity index (χ0v) is 15.1. The van der Waals surface area contributed by atoms with Crippen molar-refractivity contribution in [3.05, 3.63) is 23.8 Å². The van der Waals surface area contributed by atoms with Gasteiger partial charge in [-0.15, -0.1) is 0 Å². The summed E-state index contributed by atoms with van der Waals surface area (Å²) in [5, 5.41) is 13.0. The Bertz CT molecular complexity index is 779. The number of amides is 2. The lowest BCUT2D eigenvalue weighted by atomic mass is 9.80. The SMILES string of the molecule is CCN1C(=O)[C@@H]2[C@@H](C1=O)[C@](C)(C(=O)OC)N[C@H]2c1ccc(O)c(OC)c1. The molecule has 140 valence electrons. The Morgan fingerprint density at radius 3 is 2.58 bits per heavy atom. The second-order valence-corrected chi connectivity index (χ2v) is 6.67. The van der Waals surface area contributed by atoms with E-state index in [1.165, 1.54) is 25.2 Å². The summed E-state index contributed by atoms with van der Waals surface area (Å²) in [6, 6.07) is 4.10. The first-order valence-electron chi connectivity index (χ1n) is 8.38. The molecule has 0 saturated carbocycles. The maximum Gasteiger partial charge on any atom is 0.326 e. The normalized spacial score (nSPS) is 30.5. The van der Waals surface area contributed by atoms with Crippen LogP contribution in [0.5, 0.6) is 11.5 Å². The second-order valence-electron chi connectivity index (χ2n) is 6.67. The molecule has 1 aromatic rings. The molecule has 8 heteroatoms. The zero-order chi connectivity index (χ0) is 19.2. The van der Waals surface area contributed by atoms with Gasteiger partial charge in [-0.2, -0.15) is 0 Å². The molecular weight excluding hydrogens is 340 g/mol. The predicted molar refractivity (Wildman–Crippen MR) is 90.3 cm³/mol. The van der Waals surface area contributed by atoms with Gasteiger partial charge in [0.05, 0.1) is 26.1 Å². The summed E-state index contributed by atoms with van der Waals surface area (Å²) in [7, 11) is 2.67. The number of esters is 1. The van der Waals surface area contributed by atoms with Gasteiger partial charge >= 0.3 is 5.97 Å². The van der Waals surface area contributed by atoms with Crippen molar-refractivity contribution in [2.75, 3.05) is 20.8 Å². The topological polar surface area (TPSA) is 105 Å². The Morgan fingerprint density at radius 1 is 1.31 bits per heavy atom. The number of carbonyl (C=O) groups excluding carboxylic acids is 3. The molecule has 2 aliphatic rings. The van der Waals surface area contributed by atoms with Gasteiger partial charge in [0.2, 0.25) is 11.8 Å². The van der Waals surface area contributed by atoms with E-state index in [9.17, 15) is 19.5 Å². The first-order chi connectivity index (χ1) is 12.3. The number of methoxy groups -OCH3 is 2. The number of phenols is 1. The van der Waals surface area contributed by atoms with Crippen molar-refractivity contribution in [3.63, 3.8) is 0 Å². The van der Waals surface area contributed by atoms with E-state index in [4.69, 9.17) is 9.47 Å². The van der Waals surface area contributed by atoms with E-state index in [1.807, 2.05) is 0 Å². The van der Waals surface area contributed by atoms with Gasteiger partial charge in [-0.3, -0.25) is 24.6 Å². The van der Waals surface area contributed by atoms with Crippen LogP contribution in [-0.4, -0.2) is 54.1 Å². The molecule has 0 bridgehead atoms. The largest absolute Gasteiger partial charge is 0.504 e. The lowest BCUT2D eigenvalue weighted by molar-refractivity contribution is -0.153. The van der Waals surface area contributed by atoms with Crippen molar-refractivity contribution in [2.24, 2.45) is 11.8 Å². The van der Waals surface area contributed by atoms with Gasteiger partial charge < -0.3 is 14.6 Å². The fourth-order valence-electron chi connectivity index (χ4n) is 4.08. The van der Waals surface area contributed by atoms with Crippen molar-refractivity contribution in [1.82, 2.24) is 10.2 Å². The van der Waals surface area contributed by atoms with E-state index in [2.05, 4.69) is 5.32 Å². The number of nitrogens with zero attached hydrogens (tertiary/aromatic N) is 1. The minimum atomic E-state index is -1.33. The quantitative estimate of drug-likeness (QED) is 0.597.